The van der Waals surface area contributed by atoms with Crippen LogP contribution in [0.5, 0.6) is 0 Å². The van der Waals surface area contributed by atoms with Crippen molar-refractivity contribution >= 4 is 21.5 Å². The predicted molar refractivity (Wildman–Crippen MR) is 213 cm³/mol. The fourth-order valence-electron chi connectivity index (χ4n) is 9.33. The Labute approximate surface area is 294 Å². The first-order valence-electron chi connectivity index (χ1n) is 17.9. The predicted octanol–water partition coefficient (Wildman–Crippen LogP) is 13.6. The molecule has 0 fully saturated rings. The van der Waals surface area contributed by atoms with E-state index in [1.54, 1.807) is 0 Å². The lowest BCUT2D eigenvalue weighted by atomic mass is 9.79. The van der Waals surface area contributed by atoms with E-state index in [2.05, 4.69) is 185 Å². The number of rotatable bonds is 3. The Morgan fingerprint density at radius 3 is 1.26 bits per heavy atom. The summed E-state index contributed by atoms with van der Waals surface area (Å²) in [4.78, 5) is 0. The molecular weight excluding hydrogens is 601 g/mol. The van der Waals surface area contributed by atoms with E-state index in [1.807, 2.05) is 0 Å². The van der Waals surface area contributed by atoms with Crippen LogP contribution in [0.2, 0.25) is 0 Å². The van der Waals surface area contributed by atoms with E-state index in [0.29, 0.717) is 0 Å². The average molecular weight is 639 g/mol. The average Bonchev–Trinajstić information content (AvgIpc) is 3.53. The van der Waals surface area contributed by atoms with Gasteiger partial charge in [-0.15, -0.1) is 0 Å². The standard InChI is InChI=1S/C50H38/c1-49(2)43-20-12-10-16-35(43)37-25-23-33(29-45(37)49)47-39-18-8-9-19-40(39)48(42-28-32(22-27-41(42)47)31-14-6-5-7-15-31)34-24-26-38-36-17-11-13-21-44(36)50(3,4)46(38)30-34/h5-30H,1-4H3. The molecule has 8 aromatic carbocycles. The maximum absolute atomic E-state index is 2.49. The first-order valence-corrected chi connectivity index (χ1v) is 17.9. The van der Waals surface area contributed by atoms with Crippen molar-refractivity contribution in [1.82, 2.24) is 0 Å². The molecule has 8 aromatic rings. The minimum atomic E-state index is -0.0719. The van der Waals surface area contributed by atoms with Crippen LogP contribution in [0.25, 0.3) is 77.2 Å². The molecule has 0 nitrogen and oxygen atoms in total. The topological polar surface area (TPSA) is 0 Å². The Morgan fingerprint density at radius 1 is 0.280 bits per heavy atom. The second-order valence-corrected chi connectivity index (χ2v) is 15.3. The van der Waals surface area contributed by atoms with E-state index >= 15 is 0 Å². The normalized spacial score (nSPS) is 14.7. The van der Waals surface area contributed by atoms with E-state index in [-0.39, 0.29) is 10.8 Å². The number of hydrogen-bond donors (Lipinski definition) is 0. The molecule has 238 valence electrons. The van der Waals surface area contributed by atoms with Crippen molar-refractivity contribution in [3.8, 4) is 55.6 Å². The summed E-state index contributed by atoms with van der Waals surface area (Å²) in [5.74, 6) is 0. The van der Waals surface area contributed by atoms with Crippen LogP contribution in [0, 0.1) is 0 Å². The Kier molecular flexibility index (Phi) is 6.07. The SMILES string of the molecule is CC1(C)c2ccccc2-c2ccc(-c3c4ccccc4c(-c4ccc5c(c4)C(C)(C)c4ccccc4-5)c4cc(-c5ccccc5)ccc34)cc21. The summed E-state index contributed by atoms with van der Waals surface area (Å²) in [5.41, 5.74) is 18.5. The summed E-state index contributed by atoms with van der Waals surface area (Å²) in [7, 11) is 0. The highest BCUT2D eigenvalue weighted by molar-refractivity contribution is 6.22. The Balaban J connectivity index is 1.28. The molecule has 0 heteroatoms. The molecule has 0 aromatic heterocycles. The fourth-order valence-corrected chi connectivity index (χ4v) is 9.33. The van der Waals surface area contributed by atoms with Crippen molar-refractivity contribution in [2.75, 3.05) is 0 Å². The lowest BCUT2D eigenvalue weighted by Gasteiger charge is -2.24. The van der Waals surface area contributed by atoms with E-state index in [9.17, 15) is 0 Å². The summed E-state index contributed by atoms with van der Waals surface area (Å²) in [6, 6.07) is 59.3. The Hall–Kier alpha value is -5.72. The molecule has 0 amide bonds. The largest absolute Gasteiger partial charge is 0.0622 e. The molecule has 0 aliphatic heterocycles. The summed E-state index contributed by atoms with van der Waals surface area (Å²) in [6.07, 6.45) is 0. The zero-order valence-corrected chi connectivity index (χ0v) is 29.0. The second-order valence-electron chi connectivity index (χ2n) is 15.3. The fraction of sp³-hybridized carbons (Fsp3) is 0.120. The van der Waals surface area contributed by atoms with Crippen LogP contribution in [0.3, 0.4) is 0 Å². The maximum atomic E-state index is 2.49. The van der Waals surface area contributed by atoms with Crippen LogP contribution in [0.1, 0.15) is 49.9 Å². The molecule has 0 radical (unpaired) electrons. The van der Waals surface area contributed by atoms with Crippen molar-refractivity contribution < 1.29 is 0 Å². The summed E-state index contributed by atoms with van der Waals surface area (Å²) in [6.45, 7) is 9.50. The lowest BCUT2D eigenvalue weighted by molar-refractivity contribution is 0.660. The molecule has 2 aliphatic rings. The minimum absolute atomic E-state index is 0.0667. The molecule has 0 atom stereocenters. The van der Waals surface area contributed by atoms with Gasteiger partial charge in [0.1, 0.15) is 0 Å². The van der Waals surface area contributed by atoms with Gasteiger partial charge in [-0.05, 0) is 118 Å². The molecule has 0 saturated carbocycles. The smallest absolute Gasteiger partial charge is 0.0159 e. The zero-order valence-electron chi connectivity index (χ0n) is 29.0. The summed E-state index contributed by atoms with van der Waals surface area (Å²) < 4.78 is 0. The van der Waals surface area contributed by atoms with Gasteiger partial charge in [0.15, 0.2) is 0 Å². The molecule has 0 spiro atoms. The number of benzene rings is 8. The third kappa shape index (κ3) is 4.00. The van der Waals surface area contributed by atoms with E-state index in [1.165, 1.54) is 99.4 Å². The monoisotopic (exact) mass is 638 g/mol. The van der Waals surface area contributed by atoms with Gasteiger partial charge in [-0.2, -0.15) is 0 Å². The zero-order chi connectivity index (χ0) is 33.8. The molecule has 0 heterocycles. The molecule has 10 rings (SSSR count). The quantitative estimate of drug-likeness (QED) is 0.169. The van der Waals surface area contributed by atoms with Crippen molar-refractivity contribution in [2.45, 2.75) is 38.5 Å². The van der Waals surface area contributed by atoms with Gasteiger partial charge in [0.25, 0.3) is 0 Å². The van der Waals surface area contributed by atoms with Crippen LogP contribution < -0.4 is 0 Å². The minimum Gasteiger partial charge on any atom is -0.0622 e. The van der Waals surface area contributed by atoms with Crippen LogP contribution in [-0.2, 0) is 10.8 Å². The molecular formula is C50H38. The first kappa shape index (κ1) is 29.2. The molecule has 50 heavy (non-hydrogen) atoms. The van der Waals surface area contributed by atoms with Crippen molar-refractivity contribution in [2.24, 2.45) is 0 Å². The lowest BCUT2D eigenvalue weighted by Crippen LogP contribution is -2.15. The van der Waals surface area contributed by atoms with Gasteiger partial charge in [-0.25, -0.2) is 0 Å². The maximum Gasteiger partial charge on any atom is 0.0159 e. The molecule has 0 bridgehead atoms. The van der Waals surface area contributed by atoms with E-state index in [4.69, 9.17) is 0 Å². The van der Waals surface area contributed by atoms with Crippen molar-refractivity contribution in [3.05, 3.63) is 180 Å². The van der Waals surface area contributed by atoms with Gasteiger partial charge in [0, 0.05) is 10.8 Å². The van der Waals surface area contributed by atoms with Crippen molar-refractivity contribution in [3.63, 3.8) is 0 Å². The van der Waals surface area contributed by atoms with Crippen LogP contribution in [0.15, 0.2) is 158 Å². The van der Waals surface area contributed by atoms with Gasteiger partial charge in [-0.3, -0.25) is 0 Å². The highest BCUT2D eigenvalue weighted by Crippen LogP contribution is 2.53. The van der Waals surface area contributed by atoms with E-state index in [0.717, 1.165) is 0 Å². The Bertz CT molecular complexity index is 2690. The molecule has 0 unspecified atom stereocenters. The van der Waals surface area contributed by atoms with Gasteiger partial charge in [-0.1, -0.05) is 167 Å². The van der Waals surface area contributed by atoms with Crippen LogP contribution >= 0.6 is 0 Å². The molecule has 2 aliphatic carbocycles. The van der Waals surface area contributed by atoms with Gasteiger partial charge >= 0.3 is 0 Å². The highest BCUT2D eigenvalue weighted by Gasteiger charge is 2.37. The van der Waals surface area contributed by atoms with Gasteiger partial charge < -0.3 is 0 Å². The van der Waals surface area contributed by atoms with Gasteiger partial charge in [0.2, 0.25) is 0 Å². The van der Waals surface area contributed by atoms with E-state index < -0.39 is 0 Å². The number of fused-ring (bicyclic) bond motifs is 8. The molecule has 0 N–H and O–H groups in total. The van der Waals surface area contributed by atoms with Crippen LogP contribution in [-0.4, -0.2) is 0 Å². The first-order chi connectivity index (χ1) is 24.3. The highest BCUT2D eigenvalue weighted by atomic mass is 14.4. The van der Waals surface area contributed by atoms with Crippen LogP contribution in [0.4, 0.5) is 0 Å². The van der Waals surface area contributed by atoms with Crippen molar-refractivity contribution in [1.29, 1.82) is 0 Å². The van der Waals surface area contributed by atoms with Gasteiger partial charge in [0.05, 0.1) is 0 Å². The Morgan fingerprint density at radius 2 is 0.700 bits per heavy atom. The summed E-state index contributed by atoms with van der Waals surface area (Å²) in [5, 5.41) is 5.15. The molecule has 0 saturated heterocycles. The summed E-state index contributed by atoms with van der Waals surface area (Å²) >= 11 is 0. The third-order valence-electron chi connectivity index (χ3n) is 11.9. The second kappa shape index (κ2) is 10.4. The number of hydrogen-bond acceptors (Lipinski definition) is 0. The third-order valence-corrected chi connectivity index (χ3v) is 11.9.